The van der Waals surface area contributed by atoms with Gasteiger partial charge >= 0.3 is 0 Å². The van der Waals surface area contributed by atoms with E-state index in [1.165, 1.54) is 18.3 Å². The van der Waals surface area contributed by atoms with Crippen molar-refractivity contribution in [3.05, 3.63) is 71.2 Å². The van der Waals surface area contributed by atoms with E-state index >= 15 is 0 Å². The maximum absolute atomic E-state index is 14.0. The van der Waals surface area contributed by atoms with Gasteiger partial charge < -0.3 is 15.0 Å². The van der Waals surface area contributed by atoms with Crippen LogP contribution in [0.25, 0.3) is 5.76 Å². The van der Waals surface area contributed by atoms with Gasteiger partial charge in [-0.05, 0) is 56.4 Å². The molecule has 1 aliphatic carbocycles. The number of sulfonamides is 2. The number of benzene rings is 2. The number of amidine groups is 1. The minimum Gasteiger partial charge on any atom is -0.506 e. The number of nitrogens with one attached hydrogen (secondary N) is 2. The fourth-order valence-electron chi connectivity index (χ4n) is 5.05. The van der Waals surface area contributed by atoms with Crippen LogP contribution in [0.15, 0.2) is 68.6 Å². The molecule has 2 heterocycles. The zero-order valence-corrected chi connectivity index (χ0v) is 24.9. The van der Waals surface area contributed by atoms with E-state index in [9.17, 15) is 26.7 Å². The van der Waals surface area contributed by atoms with E-state index in [0.717, 1.165) is 12.5 Å². The summed E-state index contributed by atoms with van der Waals surface area (Å²) in [5.41, 5.74) is -0.0333. The van der Waals surface area contributed by atoms with Crippen molar-refractivity contribution in [2.24, 2.45) is 17.4 Å². The highest BCUT2D eigenvalue weighted by Crippen LogP contribution is 2.44. The Bertz CT molecular complexity index is 1850. The SMILES string of the molecule is Cc1nc(S(=O)(=O)Nc2ccc3c(c2)S(=O)(=O)N=C(C2=C(O)c4ccccc4C(C)(CCC(C)C)C2=O)N3)cn1C. The molecule has 216 valence electrons. The number of aliphatic hydroxyl groups excluding tert-OH is 1. The molecule has 3 aromatic rings. The fraction of sp³-hybridized carbons (Fsp3) is 0.321. The van der Waals surface area contributed by atoms with Gasteiger partial charge in [-0.25, -0.2) is 4.98 Å². The third kappa shape index (κ3) is 4.93. The third-order valence-corrected chi connectivity index (χ3v) is 10.1. The number of rotatable bonds is 7. The quantitative estimate of drug-likeness (QED) is 0.364. The van der Waals surface area contributed by atoms with E-state index in [0.29, 0.717) is 29.3 Å². The van der Waals surface area contributed by atoms with Gasteiger partial charge in [-0.3, -0.25) is 9.52 Å². The highest BCUT2D eigenvalue weighted by Gasteiger charge is 2.46. The van der Waals surface area contributed by atoms with Gasteiger partial charge in [0.1, 0.15) is 22.1 Å². The van der Waals surface area contributed by atoms with Crippen LogP contribution in [-0.4, -0.2) is 43.1 Å². The van der Waals surface area contributed by atoms with Crippen LogP contribution < -0.4 is 10.0 Å². The highest BCUT2D eigenvalue weighted by atomic mass is 32.2. The first-order valence-corrected chi connectivity index (χ1v) is 15.9. The first kappa shape index (κ1) is 28.6. The number of nitrogens with zero attached hydrogens (tertiary/aromatic N) is 3. The van der Waals surface area contributed by atoms with Crippen molar-refractivity contribution in [3.63, 3.8) is 0 Å². The Morgan fingerprint density at radius 3 is 2.54 bits per heavy atom. The predicted molar refractivity (Wildman–Crippen MR) is 156 cm³/mol. The molecule has 11 nitrogen and oxygen atoms in total. The topological polar surface area (TPSA) is 160 Å². The van der Waals surface area contributed by atoms with Gasteiger partial charge in [0, 0.05) is 18.8 Å². The molecule has 2 aliphatic rings. The Balaban J connectivity index is 1.54. The summed E-state index contributed by atoms with van der Waals surface area (Å²) in [5, 5.41) is 13.9. The van der Waals surface area contributed by atoms with Crippen LogP contribution in [0.5, 0.6) is 0 Å². The van der Waals surface area contributed by atoms with Crippen molar-refractivity contribution >= 4 is 48.8 Å². The Kier molecular flexibility index (Phi) is 6.85. The smallest absolute Gasteiger partial charge is 0.286 e. The summed E-state index contributed by atoms with van der Waals surface area (Å²) in [6, 6.07) is 10.9. The summed E-state index contributed by atoms with van der Waals surface area (Å²) in [6.45, 7) is 7.56. The maximum Gasteiger partial charge on any atom is 0.286 e. The summed E-state index contributed by atoms with van der Waals surface area (Å²) >= 11 is 0. The lowest BCUT2D eigenvalue weighted by Crippen LogP contribution is -2.42. The number of fused-ring (bicyclic) bond motifs is 2. The lowest BCUT2D eigenvalue weighted by Gasteiger charge is -2.36. The molecule has 0 radical (unpaired) electrons. The van der Waals surface area contributed by atoms with Crippen molar-refractivity contribution in [3.8, 4) is 0 Å². The Hall–Kier alpha value is -3.97. The molecule has 0 saturated carbocycles. The standard InChI is InChI=1S/C28H31N5O6S2/c1-16(2)12-13-28(4)20-9-7-6-8-19(20)25(34)24(26(28)35)27-30-21-11-10-18(14-22(21)40(36,37)32-27)31-41(38,39)23-15-33(5)17(3)29-23/h6-11,14-16,31,34H,12-13H2,1-5H3,(H,30,32). The van der Waals surface area contributed by atoms with Crippen molar-refractivity contribution in [2.45, 2.75) is 55.9 Å². The second-order valence-corrected chi connectivity index (χ2v) is 14.2. The zero-order chi connectivity index (χ0) is 29.9. The van der Waals surface area contributed by atoms with Gasteiger partial charge in [0.15, 0.2) is 16.6 Å². The summed E-state index contributed by atoms with van der Waals surface area (Å²) < 4.78 is 60.2. The third-order valence-electron chi connectivity index (χ3n) is 7.54. The molecule has 1 aliphatic heterocycles. The lowest BCUT2D eigenvalue weighted by molar-refractivity contribution is -0.120. The normalized spacial score (nSPS) is 19.9. The van der Waals surface area contributed by atoms with Gasteiger partial charge in [0.25, 0.3) is 20.0 Å². The van der Waals surface area contributed by atoms with Crippen LogP contribution in [0.4, 0.5) is 11.4 Å². The number of carbonyl (C=O) groups excluding carboxylic acids is 1. The molecule has 1 aromatic heterocycles. The van der Waals surface area contributed by atoms with Gasteiger partial charge in [-0.2, -0.15) is 16.8 Å². The summed E-state index contributed by atoms with van der Waals surface area (Å²) in [7, 11) is -6.84. The minimum absolute atomic E-state index is 0.0120. The van der Waals surface area contributed by atoms with Crippen molar-refractivity contribution in [2.75, 3.05) is 10.0 Å². The molecule has 0 saturated heterocycles. The first-order chi connectivity index (χ1) is 19.1. The minimum atomic E-state index is -4.40. The van der Waals surface area contributed by atoms with E-state index in [2.05, 4.69) is 33.3 Å². The molecule has 0 spiro atoms. The Morgan fingerprint density at radius 1 is 1.17 bits per heavy atom. The average Bonchev–Trinajstić information content (AvgIpc) is 3.25. The van der Waals surface area contributed by atoms with E-state index in [4.69, 9.17) is 0 Å². The highest BCUT2D eigenvalue weighted by molar-refractivity contribution is 7.92. The monoisotopic (exact) mass is 597 g/mol. The number of hydrogen-bond donors (Lipinski definition) is 3. The molecular weight excluding hydrogens is 566 g/mol. The van der Waals surface area contributed by atoms with Crippen LogP contribution >= 0.6 is 0 Å². The van der Waals surface area contributed by atoms with Gasteiger partial charge in [0.05, 0.1) is 16.8 Å². The molecule has 0 fully saturated rings. The number of anilines is 2. The molecular formula is C28H31N5O6S2. The van der Waals surface area contributed by atoms with Gasteiger partial charge in [0.2, 0.25) is 0 Å². The fourth-order valence-corrected chi connectivity index (χ4v) is 7.29. The van der Waals surface area contributed by atoms with E-state index in [-0.39, 0.29) is 38.5 Å². The molecule has 3 N–H and O–H groups in total. The second-order valence-electron chi connectivity index (χ2n) is 11.0. The van der Waals surface area contributed by atoms with Crippen molar-refractivity contribution in [1.29, 1.82) is 0 Å². The first-order valence-electron chi connectivity index (χ1n) is 13.0. The molecule has 1 unspecified atom stereocenters. The Morgan fingerprint density at radius 2 is 1.88 bits per heavy atom. The number of imidazole rings is 1. The maximum atomic E-state index is 14.0. The molecule has 2 aromatic carbocycles. The molecule has 1 atom stereocenters. The van der Waals surface area contributed by atoms with Crippen LogP contribution in [0.3, 0.4) is 0 Å². The van der Waals surface area contributed by atoms with Crippen LogP contribution in [-0.2, 0) is 37.3 Å². The van der Waals surface area contributed by atoms with Crippen molar-refractivity contribution < 1.29 is 26.7 Å². The molecule has 5 rings (SSSR count). The largest absolute Gasteiger partial charge is 0.506 e. The number of aryl methyl sites for hydroxylation is 2. The number of hydrogen-bond acceptors (Lipinski definition) is 8. The summed E-state index contributed by atoms with van der Waals surface area (Å²) in [5.74, 6) is -0.271. The van der Waals surface area contributed by atoms with Crippen LogP contribution in [0.1, 0.15) is 50.6 Å². The Labute approximate surface area is 239 Å². The summed E-state index contributed by atoms with van der Waals surface area (Å²) in [6.07, 6.45) is 2.58. The molecule has 41 heavy (non-hydrogen) atoms. The van der Waals surface area contributed by atoms with Gasteiger partial charge in [-0.15, -0.1) is 4.40 Å². The molecule has 0 amide bonds. The molecule has 13 heteroatoms. The number of carbonyl (C=O) groups is 1. The zero-order valence-electron chi connectivity index (χ0n) is 23.3. The number of ketones is 1. The average molecular weight is 598 g/mol. The number of aromatic nitrogens is 2. The van der Waals surface area contributed by atoms with E-state index in [1.54, 1.807) is 49.7 Å². The van der Waals surface area contributed by atoms with Crippen molar-refractivity contribution in [1.82, 2.24) is 9.55 Å². The van der Waals surface area contributed by atoms with Crippen LogP contribution in [0, 0.1) is 12.8 Å². The number of aliphatic hydroxyl groups is 1. The van der Waals surface area contributed by atoms with Gasteiger partial charge in [-0.1, -0.05) is 38.1 Å². The molecule has 0 bridgehead atoms. The lowest BCUT2D eigenvalue weighted by atomic mass is 9.66. The predicted octanol–water partition coefficient (Wildman–Crippen LogP) is 4.29. The summed E-state index contributed by atoms with van der Waals surface area (Å²) in [4.78, 5) is 17.7. The van der Waals surface area contributed by atoms with Crippen LogP contribution in [0.2, 0.25) is 0 Å². The number of Topliss-reactive ketones (excluding diaryl/α,β-unsaturated/α-hetero) is 1. The second kappa shape index (κ2) is 9.84. The van der Waals surface area contributed by atoms with E-state index in [1.807, 2.05) is 0 Å². The van der Waals surface area contributed by atoms with E-state index < -0.39 is 31.2 Å².